The molecule has 1 heterocycles. The largest absolute Gasteiger partial charge is 0.333 e. The SMILES string of the molecule is O=C1Nc2c([N+](=O)[O-])cccc2S(=O)(=O)N1. The van der Waals surface area contributed by atoms with Crippen LogP contribution in [0.1, 0.15) is 0 Å². The quantitative estimate of drug-likeness (QED) is 0.547. The molecule has 8 nitrogen and oxygen atoms in total. The summed E-state index contributed by atoms with van der Waals surface area (Å²) in [4.78, 5) is 20.5. The smallest absolute Gasteiger partial charge is 0.300 e. The number of hydrogen-bond donors (Lipinski definition) is 2. The van der Waals surface area contributed by atoms with Gasteiger partial charge in [-0.1, -0.05) is 6.07 Å². The molecule has 0 bridgehead atoms. The molecule has 1 aliphatic heterocycles. The van der Waals surface area contributed by atoms with E-state index in [4.69, 9.17) is 0 Å². The molecule has 0 fully saturated rings. The van der Waals surface area contributed by atoms with Crippen molar-refractivity contribution >= 4 is 27.4 Å². The van der Waals surface area contributed by atoms with Crippen LogP contribution >= 0.6 is 0 Å². The Morgan fingerprint density at radius 2 is 2.00 bits per heavy atom. The molecule has 2 amide bonds. The standard InChI is InChI=1S/C7H5N3O5S/c11-7-8-6-4(10(12)13)2-1-3-5(6)16(14,15)9-7/h1-3H,(H2,8,9,11). The third-order valence-electron chi connectivity index (χ3n) is 1.96. The van der Waals surface area contributed by atoms with E-state index in [2.05, 4.69) is 5.32 Å². The van der Waals surface area contributed by atoms with E-state index in [0.717, 1.165) is 6.07 Å². The molecular formula is C7H5N3O5S. The number of hydrogen-bond acceptors (Lipinski definition) is 5. The number of fused-ring (bicyclic) bond motifs is 1. The Bertz CT molecular complexity index is 594. The van der Waals surface area contributed by atoms with Gasteiger partial charge in [0.05, 0.1) is 4.92 Å². The van der Waals surface area contributed by atoms with Gasteiger partial charge in [-0.3, -0.25) is 10.1 Å². The fourth-order valence-electron chi connectivity index (χ4n) is 1.34. The van der Waals surface area contributed by atoms with Gasteiger partial charge >= 0.3 is 6.03 Å². The molecule has 0 radical (unpaired) electrons. The number of sulfonamides is 1. The molecule has 16 heavy (non-hydrogen) atoms. The van der Waals surface area contributed by atoms with Crippen molar-refractivity contribution in [3.05, 3.63) is 28.3 Å². The van der Waals surface area contributed by atoms with Crippen LogP contribution in [-0.2, 0) is 10.0 Å². The minimum absolute atomic E-state index is 0.309. The van der Waals surface area contributed by atoms with Crippen LogP contribution in [0.3, 0.4) is 0 Å². The maximum atomic E-state index is 11.5. The molecule has 2 N–H and O–H groups in total. The van der Waals surface area contributed by atoms with Crippen molar-refractivity contribution in [2.24, 2.45) is 0 Å². The van der Waals surface area contributed by atoms with Gasteiger partial charge in [-0.2, -0.15) is 0 Å². The summed E-state index contributed by atoms with van der Waals surface area (Å²) in [5, 5.41) is 12.7. The number of carbonyl (C=O) groups is 1. The van der Waals surface area contributed by atoms with Crippen molar-refractivity contribution in [2.45, 2.75) is 4.90 Å². The van der Waals surface area contributed by atoms with Gasteiger partial charge in [-0.05, 0) is 6.07 Å². The Morgan fingerprint density at radius 1 is 1.31 bits per heavy atom. The van der Waals surface area contributed by atoms with Crippen LogP contribution in [0, 0.1) is 10.1 Å². The van der Waals surface area contributed by atoms with Crippen molar-refractivity contribution in [3.8, 4) is 0 Å². The normalized spacial score (nSPS) is 16.9. The molecule has 0 saturated carbocycles. The molecule has 0 unspecified atom stereocenters. The highest BCUT2D eigenvalue weighted by molar-refractivity contribution is 7.90. The van der Waals surface area contributed by atoms with E-state index in [0.29, 0.717) is 0 Å². The van der Waals surface area contributed by atoms with Gasteiger partial charge in [-0.25, -0.2) is 17.9 Å². The third-order valence-corrected chi connectivity index (χ3v) is 3.33. The van der Waals surface area contributed by atoms with Crippen LogP contribution in [0.5, 0.6) is 0 Å². The number of nitro benzene ring substituents is 1. The fraction of sp³-hybridized carbons (Fsp3) is 0. The molecule has 84 valence electrons. The van der Waals surface area contributed by atoms with Gasteiger partial charge in [0, 0.05) is 6.07 Å². The average Bonchev–Trinajstić information content (AvgIpc) is 2.15. The van der Waals surface area contributed by atoms with E-state index in [-0.39, 0.29) is 10.6 Å². The van der Waals surface area contributed by atoms with Gasteiger partial charge in [0.15, 0.2) is 0 Å². The van der Waals surface area contributed by atoms with Crippen molar-refractivity contribution in [2.75, 3.05) is 5.32 Å². The predicted octanol–water partition coefficient (Wildman–Crippen LogP) is 0.419. The fourth-order valence-corrected chi connectivity index (χ4v) is 2.42. The van der Waals surface area contributed by atoms with Crippen LogP contribution in [-0.4, -0.2) is 19.4 Å². The number of nitro groups is 1. The highest BCUT2D eigenvalue weighted by Crippen LogP contribution is 2.33. The molecule has 0 aliphatic carbocycles. The third kappa shape index (κ3) is 1.46. The second-order valence-electron chi connectivity index (χ2n) is 2.97. The monoisotopic (exact) mass is 243 g/mol. The molecule has 0 saturated heterocycles. The Morgan fingerprint density at radius 3 is 2.62 bits per heavy atom. The van der Waals surface area contributed by atoms with Gasteiger partial charge < -0.3 is 5.32 Å². The topological polar surface area (TPSA) is 118 Å². The van der Waals surface area contributed by atoms with E-state index in [9.17, 15) is 23.3 Å². The zero-order valence-electron chi connectivity index (χ0n) is 7.63. The maximum absolute atomic E-state index is 11.5. The molecule has 9 heteroatoms. The summed E-state index contributed by atoms with van der Waals surface area (Å²) in [5.74, 6) is 0. The lowest BCUT2D eigenvalue weighted by Crippen LogP contribution is -2.39. The van der Waals surface area contributed by atoms with Gasteiger partial charge in [0.25, 0.3) is 15.7 Å². The van der Waals surface area contributed by atoms with E-state index in [1.165, 1.54) is 12.1 Å². The summed E-state index contributed by atoms with van der Waals surface area (Å²) in [5.41, 5.74) is -0.771. The first kappa shape index (κ1) is 10.4. The number of para-hydroxylation sites is 1. The highest BCUT2D eigenvalue weighted by atomic mass is 32.2. The van der Waals surface area contributed by atoms with Crippen LogP contribution in [0.2, 0.25) is 0 Å². The summed E-state index contributed by atoms with van der Waals surface area (Å²) in [7, 11) is -4.01. The Kier molecular flexibility index (Phi) is 2.05. The van der Waals surface area contributed by atoms with Crippen molar-refractivity contribution in [3.63, 3.8) is 0 Å². The molecular weight excluding hydrogens is 238 g/mol. The van der Waals surface area contributed by atoms with Crippen LogP contribution < -0.4 is 10.0 Å². The zero-order valence-corrected chi connectivity index (χ0v) is 8.45. The Balaban J connectivity index is 2.77. The first-order valence-electron chi connectivity index (χ1n) is 4.03. The van der Waals surface area contributed by atoms with E-state index < -0.39 is 26.7 Å². The molecule has 0 aromatic heterocycles. The molecule has 1 aromatic rings. The van der Waals surface area contributed by atoms with E-state index in [1.807, 2.05) is 0 Å². The number of nitrogens with one attached hydrogen (secondary N) is 2. The average molecular weight is 243 g/mol. The highest BCUT2D eigenvalue weighted by Gasteiger charge is 2.32. The minimum atomic E-state index is -4.01. The number of carbonyl (C=O) groups excluding carboxylic acids is 1. The van der Waals surface area contributed by atoms with Gasteiger partial charge in [0.1, 0.15) is 10.6 Å². The van der Waals surface area contributed by atoms with Crippen LogP contribution in [0.4, 0.5) is 16.2 Å². The summed E-state index contributed by atoms with van der Waals surface area (Å²) in [6.07, 6.45) is 0. The zero-order chi connectivity index (χ0) is 11.9. The minimum Gasteiger partial charge on any atom is -0.300 e. The number of nitrogens with zero attached hydrogens (tertiary/aromatic N) is 1. The summed E-state index contributed by atoms with van der Waals surface area (Å²) >= 11 is 0. The van der Waals surface area contributed by atoms with Crippen LogP contribution in [0.25, 0.3) is 0 Å². The Hall–Kier alpha value is -2.16. The predicted molar refractivity (Wildman–Crippen MR) is 52.4 cm³/mol. The number of rotatable bonds is 1. The summed E-state index contributed by atoms with van der Waals surface area (Å²) < 4.78 is 24.6. The Labute approximate surface area is 89.5 Å². The van der Waals surface area contributed by atoms with Gasteiger partial charge in [0.2, 0.25) is 0 Å². The summed E-state index contributed by atoms with van der Waals surface area (Å²) in [6.45, 7) is 0. The van der Waals surface area contributed by atoms with Crippen LogP contribution in [0.15, 0.2) is 23.1 Å². The second kappa shape index (κ2) is 3.17. The molecule has 1 aliphatic rings. The molecule has 1 aromatic carbocycles. The lowest BCUT2D eigenvalue weighted by molar-refractivity contribution is -0.384. The van der Waals surface area contributed by atoms with Crippen molar-refractivity contribution in [1.82, 2.24) is 4.72 Å². The first-order valence-corrected chi connectivity index (χ1v) is 5.51. The van der Waals surface area contributed by atoms with Crippen molar-refractivity contribution < 1.29 is 18.1 Å². The van der Waals surface area contributed by atoms with Gasteiger partial charge in [-0.15, -0.1) is 0 Å². The van der Waals surface area contributed by atoms with Crippen molar-refractivity contribution in [1.29, 1.82) is 0 Å². The van der Waals surface area contributed by atoms with E-state index in [1.54, 1.807) is 4.72 Å². The lowest BCUT2D eigenvalue weighted by atomic mass is 10.2. The molecule has 2 rings (SSSR count). The first-order chi connectivity index (χ1) is 7.42. The van der Waals surface area contributed by atoms with E-state index >= 15 is 0 Å². The molecule has 0 atom stereocenters. The lowest BCUT2D eigenvalue weighted by Gasteiger charge is -2.17. The number of anilines is 1. The summed E-state index contributed by atoms with van der Waals surface area (Å²) in [6, 6.07) is 2.50. The maximum Gasteiger partial charge on any atom is 0.333 e. The number of benzene rings is 1. The molecule has 0 spiro atoms. The second-order valence-corrected chi connectivity index (χ2v) is 4.62. The number of urea groups is 1. The number of amides is 2.